The van der Waals surface area contributed by atoms with Crippen LogP contribution in [-0.4, -0.2) is 19.2 Å². The Kier molecular flexibility index (Phi) is 4.45. The van der Waals surface area contributed by atoms with Gasteiger partial charge in [-0.25, -0.2) is 12.8 Å². The third-order valence-electron chi connectivity index (χ3n) is 4.22. The molecule has 0 aliphatic carbocycles. The fourth-order valence-electron chi connectivity index (χ4n) is 2.99. The van der Waals surface area contributed by atoms with E-state index in [2.05, 4.69) is 4.98 Å². The number of aromatic amines is 1. The number of aryl methyl sites for hydroxylation is 1. The van der Waals surface area contributed by atoms with E-state index in [-0.39, 0.29) is 11.6 Å². The monoisotopic (exact) mass is 345 g/mol. The molecule has 0 spiro atoms. The first kappa shape index (κ1) is 16.7. The first-order chi connectivity index (χ1) is 11.4. The van der Waals surface area contributed by atoms with E-state index < -0.39 is 9.84 Å². The van der Waals surface area contributed by atoms with Crippen molar-refractivity contribution in [3.63, 3.8) is 0 Å². The van der Waals surface area contributed by atoms with Gasteiger partial charge in [0.05, 0.1) is 10.6 Å². The number of sulfone groups is 1. The maximum atomic E-state index is 13.5. The summed E-state index contributed by atoms with van der Waals surface area (Å²) in [5.74, 6) is -0.101. The van der Waals surface area contributed by atoms with Crippen LogP contribution in [0.1, 0.15) is 30.2 Å². The third kappa shape index (κ3) is 3.22. The summed E-state index contributed by atoms with van der Waals surface area (Å²) in [7, 11) is -3.19. The topological polar surface area (TPSA) is 49.9 Å². The second-order valence-electron chi connectivity index (χ2n) is 6.06. The summed E-state index contributed by atoms with van der Waals surface area (Å²) in [5.41, 5.74) is 3.94. The molecular formula is C19H20FNO2S. The highest BCUT2D eigenvalue weighted by molar-refractivity contribution is 7.91. The molecule has 0 bridgehead atoms. The van der Waals surface area contributed by atoms with E-state index in [4.69, 9.17) is 0 Å². The minimum Gasteiger partial charge on any atom is -0.358 e. The van der Waals surface area contributed by atoms with Crippen LogP contribution in [-0.2, 0) is 16.3 Å². The normalized spacial score (nSPS) is 12.0. The average molecular weight is 345 g/mol. The highest BCUT2D eigenvalue weighted by Gasteiger charge is 2.14. The van der Waals surface area contributed by atoms with Crippen LogP contribution in [0.2, 0.25) is 0 Å². The number of hydrogen-bond acceptors (Lipinski definition) is 2. The second kappa shape index (κ2) is 6.40. The van der Waals surface area contributed by atoms with Crippen LogP contribution < -0.4 is 0 Å². The van der Waals surface area contributed by atoms with E-state index in [0.29, 0.717) is 17.7 Å². The van der Waals surface area contributed by atoms with Crippen LogP contribution in [0.3, 0.4) is 0 Å². The van der Waals surface area contributed by atoms with Crippen molar-refractivity contribution < 1.29 is 12.8 Å². The van der Waals surface area contributed by atoms with Gasteiger partial charge >= 0.3 is 0 Å². The summed E-state index contributed by atoms with van der Waals surface area (Å²) in [6.07, 6.45) is 1.23. The zero-order chi connectivity index (χ0) is 17.3. The average Bonchev–Trinajstić information content (AvgIpc) is 2.83. The second-order valence-corrected chi connectivity index (χ2v) is 8.17. The van der Waals surface area contributed by atoms with Crippen molar-refractivity contribution in [3.05, 3.63) is 65.1 Å². The molecule has 0 unspecified atom stereocenters. The van der Waals surface area contributed by atoms with E-state index >= 15 is 0 Å². The summed E-state index contributed by atoms with van der Waals surface area (Å²) in [6, 6.07) is 11.7. The van der Waals surface area contributed by atoms with Crippen molar-refractivity contribution in [1.29, 1.82) is 0 Å². The van der Waals surface area contributed by atoms with Crippen molar-refractivity contribution in [3.8, 4) is 0 Å². The number of H-pyrrole nitrogens is 1. The zero-order valence-electron chi connectivity index (χ0n) is 13.8. The van der Waals surface area contributed by atoms with E-state index in [0.717, 1.165) is 27.7 Å². The maximum absolute atomic E-state index is 13.5. The molecule has 0 radical (unpaired) electrons. The Morgan fingerprint density at radius 2 is 1.79 bits per heavy atom. The number of nitrogens with one attached hydrogen (secondary N) is 1. The molecule has 5 heteroatoms. The molecular weight excluding hydrogens is 325 g/mol. The van der Waals surface area contributed by atoms with Gasteiger partial charge in [0.1, 0.15) is 5.82 Å². The Bertz CT molecular complexity index is 973. The van der Waals surface area contributed by atoms with Crippen molar-refractivity contribution >= 4 is 20.7 Å². The largest absolute Gasteiger partial charge is 0.358 e. The molecule has 3 rings (SSSR count). The molecule has 3 aromatic rings. The van der Waals surface area contributed by atoms with Crippen molar-refractivity contribution in [1.82, 2.24) is 4.98 Å². The maximum Gasteiger partial charge on any atom is 0.178 e. The standard InChI is InChI=1S/C19H20FNO2S/c1-3-10-24(22,23)16-7-4-14(5-8-16)11-17-13(2)21-19-9-6-15(20)12-18(17)19/h4-9,12,21H,3,10-11H2,1-2H3. The molecule has 0 amide bonds. The minimum atomic E-state index is -3.19. The van der Waals surface area contributed by atoms with Gasteiger partial charge in [0.2, 0.25) is 0 Å². The van der Waals surface area contributed by atoms with Gasteiger partial charge in [-0.05, 0) is 61.2 Å². The minimum absolute atomic E-state index is 0.160. The molecule has 3 nitrogen and oxygen atoms in total. The molecule has 0 fully saturated rings. The molecule has 126 valence electrons. The fourth-order valence-corrected chi connectivity index (χ4v) is 4.31. The zero-order valence-corrected chi connectivity index (χ0v) is 14.6. The van der Waals surface area contributed by atoms with Gasteiger partial charge in [-0.3, -0.25) is 0 Å². The van der Waals surface area contributed by atoms with Crippen LogP contribution in [0.4, 0.5) is 4.39 Å². The molecule has 24 heavy (non-hydrogen) atoms. The lowest BCUT2D eigenvalue weighted by molar-refractivity contribution is 0.594. The lowest BCUT2D eigenvalue weighted by Gasteiger charge is -2.06. The van der Waals surface area contributed by atoms with Gasteiger partial charge in [-0.2, -0.15) is 0 Å². The molecule has 1 N–H and O–H groups in total. The van der Waals surface area contributed by atoms with Crippen molar-refractivity contribution in [2.45, 2.75) is 31.6 Å². The van der Waals surface area contributed by atoms with Crippen LogP contribution in [0.5, 0.6) is 0 Å². The third-order valence-corrected chi connectivity index (χ3v) is 6.15. The lowest BCUT2D eigenvalue weighted by Crippen LogP contribution is -2.05. The Balaban J connectivity index is 1.92. The van der Waals surface area contributed by atoms with Crippen molar-refractivity contribution in [2.24, 2.45) is 0 Å². The quantitative estimate of drug-likeness (QED) is 0.745. The van der Waals surface area contributed by atoms with Crippen LogP contribution in [0, 0.1) is 12.7 Å². The molecule has 0 saturated carbocycles. The number of rotatable bonds is 5. The summed E-state index contributed by atoms with van der Waals surface area (Å²) >= 11 is 0. The first-order valence-electron chi connectivity index (χ1n) is 7.99. The smallest absolute Gasteiger partial charge is 0.178 e. The van der Waals surface area contributed by atoms with Gasteiger partial charge < -0.3 is 4.98 Å². The van der Waals surface area contributed by atoms with Gasteiger partial charge in [-0.1, -0.05) is 19.1 Å². The van der Waals surface area contributed by atoms with E-state index in [1.165, 1.54) is 12.1 Å². The Morgan fingerprint density at radius 3 is 2.46 bits per heavy atom. The lowest BCUT2D eigenvalue weighted by atomic mass is 10.0. The Hall–Kier alpha value is -2.14. The van der Waals surface area contributed by atoms with Gasteiger partial charge in [0.25, 0.3) is 0 Å². The molecule has 0 aliphatic rings. The number of aromatic nitrogens is 1. The SMILES string of the molecule is CCCS(=O)(=O)c1ccc(Cc2c(C)[nH]c3ccc(F)cc23)cc1. The highest BCUT2D eigenvalue weighted by Crippen LogP contribution is 2.26. The molecule has 2 aromatic carbocycles. The molecule has 0 saturated heterocycles. The van der Waals surface area contributed by atoms with E-state index in [9.17, 15) is 12.8 Å². The highest BCUT2D eigenvalue weighted by atomic mass is 32.2. The molecule has 0 aliphatic heterocycles. The number of benzene rings is 2. The predicted octanol–water partition coefficient (Wildman–Crippen LogP) is 4.39. The molecule has 1 aromatic heterocycles. The predicted molar refractivity (Wildman–Crippen MR) is 94.6 cm³/mol. The number of fused-ring (bicyclic) bond motifs is 1. The van der Waals surface area contributed by atoms with Crippen molar-refractivity contribution in [2.75, 3.05) is 5.75 Å². The summed E-state index contributed by atoms with van der Waals surface area (Å²) in [5, 5.41) is 0.871. The van der Waals surface area contributed by atoms with Crippen LogP contribution in [0.15, 0.2) is 47.4 Å². The first-order valence-corrected chi connectivity index (χ1v) is 9.64. The summed E-state index contributed by atoms with van der Waals surface area (Å²) in [6.45, 7) is 3.82. The van der Waals surface area contributed by atoms with Gasteiger partial charge in [-0.15, -0.1) is 0 Å². The fraction of sp³-hybridized carbons (Fsp3) is 0.263. The Morgan fingerprint density at radius 1 is 1.08 bits per heavy atom. The number of hydrogen-bond donors (Lipinski definition) is 1. The van der Waals surface area contributed by atoms with Crippen LogP contribution in [0.25, 0.3) is 10.9 Å². The summed E-state index contributed by atoms with van der Waals surface area (Å²) in [4.78, 5) is 3.62. The van der Waals surface area contributed by atoms with E-state index in [1.807, 2.05) is 26.0 Å². The molecule has 0 atom stereocenters. The van der Waals surface area contributed by atoms with Gasteiger partial charge in [0.15, 0.2) is 9.84 Å². The molecule has 1 heterocycles. The van der Waals surface area contributed by atoms with E-state index in [1.54, 1.807) is 18.2 Å². The summed E-state index contributed by atoms with van der Waals surface area (Å²) < 4.78 is 37.7. The van der Waals surface area contributed by atoms with Gasteiger partial charge in [0, 0.05) is 16.6 Å². The van der Waals surface area contributed by atoms with Crippen LogP contribution >= 0.6 is 0 Å². The Labute approximate surface area is 141 Å². The number of halogens is 1.